The molecule has 2 aromatic rings. The van der Waals surface area contributed by atoms with Gasteiger partial charge in [-0.05, 0) is 35.7 Å². The highest BCUT2D eigenvalue weighted by Gasteiger charge is 2.07. The van der Waals surface area contributed by atoms with E-state index in [0.29, 0.717) is 21.7 Å². The van der Waals surface area contributed by atoms with E-state index in [4.69, 9.17) is 28.9 Å². The highest BCUT2D eigenvalue weighted by atomic mass is 35.5. The zero-order chi connectivity index (χ0) is 14.0. The predicted molar refractivity (Wildman–Crippen MR) is 85.5 cm³/mol. The molecule has 0 aliphatic carbocycles. The second-order valence-electron chi connectivity index (χ2n) is 4.63. The number of nitrogen functional groups attached to an aromatic ring is 1. The third kappa shape index (κ3) is 3.59. The summed E-state index contributed by atoms with van der Waals surface area (Å²) < 4.78 is 0. The fourth-order valence-corrected chi connectivity index (χ4v) is 2.96. The molecule has 1 nitrogen and oxygen atoms in total. The molecule has 2 rings (SSSR count). The van der Waals surface area contributed by atoms with Gasteiger partial charge in [0.2, 0.25) is 0 Å². The topological polar surface area (TPSA) is 26.0 Å². The smallest absolute Gasteiger partial charge is 0.0613 e. The molecule has 19 heavy (non-hydrogen) atoms. The van der Waals surface area contributed by atoms with Gasteiger partial charge >= 0.3 is 0 Å². The van der Waals surface area contributed by atoms with Gasteiger partial charge in [0.1, 0.15) is 0 Å². The van der Waals surface area contributed by atoms with Crippen LogP contribution in [0.1, 0.15) is 25.3 Å². The molecule has 0 atom stereocenters. The molecule has 2 aromatic carbocycles. The Morgan fingerprint density at radius 1 is 1.00 bits per heavy atom. The molecule has 0 saturated carbocycles. The minimum absolute atomic E-state index is 0.485. The lowest BCUT2D eigenvalue weighted by Gasteiger charge is -2.09. The van der Waals surface area contributed by atoms with E-state index in [1.165, 1.54) is 5.56 Å². The van der Waals surface area contributed by atoms with Crippen molar-refractivity contribution in [3.05, 3.63) is 52.0 Å². The number of anilines is 1. The monoisotopic (exact) mass is 311 g/mol. The molecule has 0 spiro atoms. The zero-order valence-corrected chi connectivity index (χ0v) is 13.1. The van der Waals surface area contributed by atoms with Crippen molar-refractivity contribution in [2.45, 2.75) is 29.6 Å². The highest BCUT2D eigenvalue weighted by Crippen LogP contribution is 2.37. The van der Waals surface area contributed by atoms with Crippen molar-refractivity contribution in [3.8, 4) is 0 Å². The van der Waals surface area contributed by atoms with Gasteiger partial charge in [0.15, 0.2) is 0 Å². The van der Waals surface area contributed by atoms with Crippen LogP contribution < -0.4 is 5.73 Å². The first-order valence-corrected chi connectivity index (χ1v) is 7.57. The molecule has 0 saturated heterocycles. The van der Waals surface area contributed by atoms with Gasteiger partial charge in [0.25, 0.3) is 0 Å². The van der Waals surface area contributed by atoms with Gasteiger partial charge in [-0.2, -0.15) is 0 Å². The number of hydrogen-bond donors (Lipinski definition) is 1. The van der Waals surface area contributed by atoms with Crippen LogP contribution in [0.25, 0.3) is 0 Å². The second kappa shape index (κ2) is 6.08. The Kier molecular flexibility index (Phi) is 4.67. The van der Waals surface area contributed by atoms with Gasteiger partial charge in [0.05, 0.1) is 10.0 Å². The van der Waals surface area contributed by atoms with Crippen molar-refractivity contribution in [2.75, 3.05) is 5.73 Å². The molecule has 0 bridgehead atoms. The standard InChI is InChI=1S/C15H15Cl2NS/c1-9(2)10-3-5-11(6-4-10)19-15-8-13(17)12(16)7-14(15)18/h3-9H,18H2,1-2H3. The first-order valence-electron chi connectivity index (χ1n) is 5.99. The van der Waals surface area contributed by atoms with Crippen molar-refractivity contribution in [1.29, 1.82) is 0 Å². The van der Waals surface area contributed by atoms with E-state index in [1.807, 2.05) is 0 Å². The van der Waals surface area contributed by atoms with Gasteiger partial charge in [-0.1, -0.05) is 60.9 Å². The SMILES string of the molecule is CC(C)c1ccc(Sc2cc(Cl)c(Cl)cc2N)cc1. The van der Waals surface area contributed by atoms with Crippen LogP contribution in [0.4, 0.5) is 5.69 Å². The first kappa shape index (κ1) is 14.6. The molecule has 0 aromatic heterocycles. The summed E-state index contributed by atoms with van der Waals surface area (Å²) in [4.78, 5) is 2.06. The molecule has 0 unspecified atom stereocenters. The van der Waals surface area contributed by atoms with E-state index in [9.17, 15) is 0 Å². The number of halogens is 2. The fourth-order valence-electron chi connectivity index (χ4n) is 1.68. The molecule has 0 aliphatic rings. The van der Waals surface area contributed by atoms with Gasteiger partial charge in [-0.15, -0.1) is 0 Å². The third-order valence-electron chi connectivity index (χ3n) is 2.83. The van der Waals surface area contributed by atoms with Crippen LogP contribution in [0.3, 0.4) is 0 Å². The molecule has 4 heteroatoms. The summed E-state index contributed by atoms with van der Waals surface area (Å²) >= 11 is 13.5. The minimum atomic E-state index is 0.485. The Morgan fingerprint density at radius 2 is 1.58 bits per heavy atom. The maximum Gasteiger partial charge on any atom is 0.0613 e. The molecule has 0 heterocycles. The number of nitrogens with two attached hydrogens (primary N) is 1. The lowest BCUT2D eigenvalue weighted by molar-refractivity contribution is 0.865. The lowest BCUT2D eigenvalue weighted by atomic mass is 10.0. The summed E-state index contributed by atoms with van der Waals surface area (Å²) in [6.45, 7) is 4.36. The van der Waals surface area contributed by atoms with E-state index in [0.717, 1.165) is 9.79 Å². The van der Waals surface area contributed by atoms with Gasteiger partial charge < -0.3 is 5.73 Å². The average molecular weight is 312 g/mol. The number of hydrogen-bond acceptors (Lipinski definition) is 2. The molecule has 100 valence electrons. The molecule has 0 amide bonds. The summed E-state index contributed by atoms with van der Waals surface area (Å²) in [5.74, 6) is 0.536. The Bertz CT molecular complexity index is 579. The largest absolute Gasteiger partial charge is 0.398 e. The Labute approximate surface area is 128 Å². The lowest BCUT2D eigenvalue weighted by Crippen LogP contribution is -1.89. The van der Waals surface area contributed by atoms with Gasteiger partial charge in [-0.3, -0.25) is 0 Å². The zero-order valence-electron chi connectivity index (χ0n) is 10.8. The number of rotatable bonds is 3. The normalized spacial score (nSPS) is 11.0. The van der Waals surface area contributed by atoms with E-state index < -0.39 is 0 Å². The van der Waals surface area contributed by atoms with Crippen LogP contribution >= 0.6 is 35.0 Å². The van der Waals surface area contributed by atoms with Crippen LogP contribution in [0.15, 0.2) is 46.2 Å². The summed E-state index contributed by atoms with van der Waals surface area (Å²) in [5, 5.41) is 1.01. The molecular formula is C15H15Cl2NS. The average Bonchev–Trinajstić information content (AvgIpc) is 2.36. The predicted octanol–water partition coefficient (Wildman–Crippen LogP) is 5.85. The summed E-state index contributed by atoms with van der Waals surface area (Å²) in [5.41, 5.74) is 7.92. The van der Waals surface area contributed by atoms with Crippen molar-refractivity contribution in [1.82, 2.24) is 0 Å². The molecular weight excluding hydrogens is 297 g/mol. The minimum Gasteiger partial charge on any atom is -0.398 e. The third-order valence-corrected chi connectivity index (χ3v) is 4.63. The van der Waals surface area contributed by atoms with E-state index in [-0.39, 0.29) is 0 Å². The molecule has 0 radical (unpaired) electrons. The summed E-state index contributed by atoms with van der Waals surface area (Å²) in [7, 11) is 0. The Morgan fingerprint density at radius 3 is 2.16 bits per heavy atom. The molecule has 2 N–H and O–H groups in total. The van der Waals surface area contributed by atoms with Crippen molar-refractivity contribution in [3.63, 3.8) is 0 Å². The Balaban J connectivity index is 2.24. The first-order chi connectivity index (χ1) is 8.97. The maximum atomic E-state index is 6.02. The molecule has 0 fully saturated rings. The summed E-state index contributed by atoms with van der Waals surface area (Å²) in [6, 6.07) is 12.0. The van der Waals surface area contributed by atoms with Crippen LogP contribution in [0.5, 0.6) is 0 Å². The second-order valence-corrected chi connectivity index (χ2v) is 6.56. The van der Waals surface area contributed by atoms with E-state index in [1.54, 1.807) is 23.9 Å². The van der Waals surface area contributed by atoms with Crippen LogP contribution in [0.2, 0.25) is 10.0 Å². The fraction of sp³-hybridized carbons (Fsp3) is 0.200. The van der Waals surface area contributed by atoms with Crippen LogP contribution in [-0.2, 0) is 0 Å². The number of benzene rings is 2. The molecule has 0 aliphatic heterocycles. The summed E-state index contributed by atoms with van der Waals surface area (Å²) in [6.07, 6.45) is 0. The quantitative estimate of drug-likeness (QED) is 0.719. The van der Waals surface area contributed by atoms with Crippen LogP contribution in [0, 0.1) is 0 Å². The van der Waals surface area contributed by atoms with Crippen molar-refractivity contribution < 1.29 is 0 Å². The van der Waals surface area contributed by atoms with E-state index >= 15 is 0 Å². The van der Waals surface area contributed by atoms with Crippen molar-refractivity contribution in [2.24, 2.45) is 0 Å². The van der Waals surface area contributed by atoms with Gasteiger partial charge in [-0.25, -0.2) is 0 Å². The Hall–Kier alpha value is -0.830. The van der Waals surface area contributed by atoms with E-state index in [2.05, 4.69) is 38.1 Å². The highest BCUT2D eigenvalue weighted by molar-refractivity contribution is 7.99. The van der Waals surface area contributed by atoms with Gasteiger partial charge in [0, 0.05) is 15.5 Å². The van der Waals surface area contributed by atoms with Crippen molar-refractivity contribution >= 4 is 40.7 Å². The van der Waals surface area contributed by atoms with Crippen LogP contribution in [-0.4, -0.2) is 0 Å². The maximum absolute atomic E-state index is 6.02.